The number of esters is 1. The average Bonchev–Trinajstić information content (AvgIpc) is 3.01. The second-order valence-electron chi connectivity index (χ2n) is 7.52. The lowest BCUT2D eigenvalue weighted by molar-refractivity contribution is -0.156. The number of hydrogen-bond acceptors (Lipinski definition) is 3. The first-order chi connectivity index (χ1) is 12.0. The third kappa shape index (κ3) is 1.31. The fourth-order valence-electron chi connectivity index (χ4n) is 5.67. The van der Waals surface area contributed by atoms with Crippen molar-refractivity contribution in [1.82, 2.24) is 0 Å². The van der Waals surface area contributed by atoms with Gasteiger partial charge in [-0.3, -0.25) is 9.59 Å². The third-order valence-electron chi connectivity index (χ3n) is 6.25. The van der Waals surface area contributed by atoms with Crippen molar-refractivity contribution in [3.8, 4) is 0 Å². The first kappa shape index (κ1) is 14.7. The summed E-state index contributed by atoms with van der Waals surface area (Å²) in [7, 11) is 0. The van der Waals surface area contributed by atoms with E-state index in [0.717, 1.165) is 22.3 Å². The van der Waals surface area contributed by atoms with Crippen LogP contribution in [-0.4, -0.2) is 23.1 Å². The molecule has 1 saturated carbocycles. The fourth-order valence-corrected chi connectivity index (χ4v) is 5.67. The highest BCUT2D eigenvalue weighted by atomic mass is 16.5. The highest BCUT2D eigenvalue weighted by Crippen LogP contribution is 2.89. The largest absolute Gasteiger partial charge is 0.481 e. The Bertz CT molecular complexity index is 946. The van der Waals surface area contributed by atoms with Gasteiger partial charge < -0.3 is 9.84 Å². The van der Waals surface area contributed by atoms with Crippen LogP contribution in [0.15, 0.2) is 48.5 Å². The number of fused-ring (bicyclic) bond motifs is 7. The number of aliphatic carboxylic acids is 1. The van der Waals surface area contributed by atoms with E-state index >= 15 is 0 Å². The molecule has 0 unspecified atom stereocenters. The molecule has 0 aromatic heterocycles. The minimum absolute atomic E-state index is 0.282. The van der Waals surface area contributed by atoms with Crippen LogP contribution in [0.5, 0.6) is 0 Å². The topological polar surface area (TPSA) is 63.6 Å². The summed E-state index contributed by atoms with van der Waals surface area (Å²) in [5.74, 6) is -1.95. The van der Waals surface area contributed by atoms with Crippen molar-refractivity contribution in [1.29, 1.82) is 0 Å². The molecule has 0 radical (unpaired) electrons. The van der Waals surface area contributed by atoms with E-state index in [9.17, 15) is 14.7 Å². The van der Waals surface area contributed by atoms with Crippen LogP contribution in [0.4, 0.5) is 0 Å². The molecule has 1 fully saturated rings. The summed E-state index contributed by atoms with van der Waals surface area (Å²) in [4.78, 5) is 25.8. The van der Waals surface area contributed by atoms with Gasteiger partial charge in [-0.15, -0.1) is 0 Å². The summed E-state index contributed by atoms with van der Waals surface area (Å²) in [6.45, 7) is 3.60. The van der Waals surface area contributed by atoms with Crippen molar-refractivity contribution in [2.75, 3.05) is 0 Å². The van der Waals surface area contributed by atoms with E-state index in [-0.39, 0.29) is 17.9 Å². The van der Waals surface area contributed by atoms with Gasteiger partial charge in [0.05, 0.1) is 6.10 Å². The molecule has 0 bridgehead atoms. The Labute approximate surface area is 145 Å². The summed E-state index contributed by atoms with van der Waals surface area (Å²) in [5, 5.41) is 10.3. The molecule has 2 aromatic rings. The number of hydrogen-bond donors (Lipinski definition) is 1. The van der Waals surface area contributed by atoms with Crippen molar-refractivity contribution < 1.29 is 19.4 Å². The number of benzene rings is 2. The molecule has 3 aliphatic rings. The summed E-state index contributed by atoms with van der Waals surface area (Å²) >= 11 is 0. The van der Waals surface area contributed by atoms with E-state index in [0.29, 0.717) is 0 Å². The van der Waals surface area contributed by atoms with Gasteiger partial charge in [0.15, 0.2) is 0 Å². The lowest BCUT2D eigenvalue weighted by Gasteiger charge is -2.21. The number of rotatable bonds is 3. The smallest absolute Gasteiger partial charge is 0.318 e. The van der Waals surface area contributed by atoms with Crippen LogP contribution in [-0.2, 0) is 19.7 Å². The lowest BCUT2D eigenvalue weighted by Crippen LogP contribution is -2.34. The van der Waals surface area contributed by atoms with Gasteiger partial charge in [0, 0.05) is 11.8 Å². The van der Waals surface area contributed by atoms with Crippen molar-refractivity contribution in [3.05, 3.63) is 70.8 Å². The van der Waals surface area contributed by atoms with Crippen molar-refractivity contribution in [3.63, 3.8) is 0 Å². The minimum Gasteiger partial charge on any atom is -0.481 e. The molecule has 4 atom stereocenters. The average molecular weight is 334 g/mol. The van der Waals surface area contributed by atoms with E-state index in [1.807, 2.05) is 48.5 Å². The summed E-state index contributed by atoms with van der Waals surface area (Å²) in [6.07, 6.45) is -0.282. The predicted octanol–water partition coefficient (Wildman–Crippen LogP) is 3.20. The zero-order chi connectivity index (χ0) is 17.6. The summed E-state index contributed by atoms with van der Waals surface area (Å²) in [5.41, 5.74) is 1.55. The maximum atomic E-state index is 13.2. The van der Waals surface area contributed by atoms with Gasteiger partial charge in [-0.05, 0) is 36.1 Å². The molecule has 1 N–H and O–H groups in total. The molecule has 0 amide bonds. The highest BCUT2D eigenvalue weighted by Gasteiger charge is 2.94. The van der Waals surface area contributed by atoms with Crippen LogP contribution < -0.4 is 0 Å². The van der Waals surface area contributed by atoms with Gasteiger partial charge in [-0.2, -0.15) is 0 Å². The van der Waals surface area contributed by atoms with E-state index < -0.39 is 22.8 Å². The Morgan fingerprint density at radius 3 is 2.24 bits per heavy atom. The first-order valence-corrected chi connectivity index (χ1v) is 8.61. The number of carboxylic acid groups (broad SMARTS) is 1. The molecule has 0 spiro atoms. The molecule has 126 valence electrons. The van der Waals surface area contributed by atoms with Crippen LogP contribution in [0, 0.1) is 5.41 Å². The maximum absolute atomic E-state index is 13.2. The molecule has 0 saturated heterocycles. The second kappa shape index (κ2) is 4.31. The normalized spacial score (nSPS) is 32.8. The minimum atomic E-state index is -1.15. The second-order valence-corrected chi connectivity index (χ2v) is 7.52. The zero-order valence-corrected chi connectivity index (χ0v) is 14.0. The number of carbonyl (C=O) groups excluding carboxylic acids is 1. The summed E-state index contributed by atoms with van der Waals surface area (Å²) in [6, 6.07) is 15.5. The number of carboxylic acids is 1. The van der Waals surface area contributed by atoms with Crippen molar-refractivity contribution in [2.24, 2.45) is 5.41 Å². The maximum Gasteiger partial charge on any atom is 0.318 e. The van der Waals surface area contributed by atoms with E-state index in [1.165, 1.54) is 0 Å². The van der Waals surface area contributed by atoms with E-state index in [4.69, 9.17) is 4.74 Å². The third-order valence-corrected chi connectivity index (χ3v) is 6.25. The van der Waals surface area contributed by atoms with Crippen LogP contribution in [0.2, 0.25) is 0 Å². The fraction of sp³-hybridized carbons (Fsp3) is 0.333. The zero-order valence-electron chi connectivity index (χ0n) is 14.0. The molecule has 2 aromatic carbocycles. The van der Waals surface area contributed by atoms with Crippen LogP contribution in [0.3, 0.4) is 0 Å². The Kier molecular flexibility index (Phi) is 2.54. The molecule has 4 heteroatoms. The number of ether oxygens (including phenoxy) is 1. The Hall–Kier alpha value is -2.62. The molecular formula is C21H18O4. The molecule has 5 rings (SSSR count). The lowest BCUT2D eigenvalue weighted by atomic mass is 9.82. The summed E-state index contributed by atoms with van der Waals surface area (Å²) < 4.78 is 5.58. The van der Waals surface area contributed by atoms with Crippen LogP contribution >= 0.6 is 0 Å². The highest BCUT2D eigenvalue weighted by molar-refractivity contribution is 6.08. The Morgan fingerprint density at radius 1 is 1.00 bits per heavy atom. The number of carbonyl (C=O) groups is 2. The quantitative estimate of drug-likeness (QED) is 0.876. The predicted molar refractivity (Wildman–Crippen MR) is 90.4 cm³/mol. The van der Waals surface area contributed by atoms with Gasteiger partial charge in [0.2, 0.25) is 0 Å². The van der Waals surface area contributed by atoms with Gasteiger partial charge >= 0.3 is 11.9 Å². The molecular weight excluding hydrogens is 316 g/mol. The van der Waals surface area contributed by atoms with Gasteiger partial charge in [-0.25, -0.2) is 0 Å². The molecule has 4 nitrogen and oxygen atoms in total. The van der Waals surface area contributed by atoms with Crippen LogP contribution in [0.1, 0.15) is 47.9 Å². The van der Waals surface area contributed by atoms with Crippen molar-refractivity contribution >= 4 is 11.9 Å². The molecule has 25 heavy (non-hydrogen) atoms. The molecule has 3 aliphatic carbocycles. The van der Waals surface area contributed by atoms with Gasteiger partial charge in [-0.1, -0.05) is 48.5 Å². The van der Waals surface area contributed by atoms with E-state index in [1.54, 1.807) is 13.8 Å². The molecule has 0 heterocycles. The van der Waals surface area contributed by atoms with Crippen LogP contribution in [0.25, 0.3) is 0 Å². The Morgan fingerprint density at radius 2 is 1.60 bits per heavy atom. The van der Waals surface area contributed by atoms with E-state index in [2.05, 4.69) is 0 Å². The SMILES string of the molecule is CC(C)OC(=O)[C@]12c3ccccc3[C@@H]3c4ccccc4[C@@H]1[C@]32C(=O)O. The van der Waals surface area contributed by atoms with Gasteiger partial charge in [0.1, 0.15) is 10.8 Å². The first-order valence-electron chi connectivity index (χ1n) is 8.61. The van der Waals surface area contributed by atoms with Gasteiger partial charge in [0.25, 0.3) is 0 Å². The molecule has 0 aliphatic heterocycles. The Balaban J connectivity index is 1.84. The monoisotopic (exact) mass is 334 g/mol. The standard InChI is InChI=1S/C21H18O4/c1-11(2)25-19(24)20-15-10-6-5-9-14(15)16-12-7-3-4-8-13(12)17(20)21(16,20)18(22)23/h3-11,16-17H,1-2H3,(H,22,23)/t16-,17-,20-,21-/m0/s1. The van der Waals surface area contributed by atoms with Crippen molar-refractivity contribution in [2.45, 2.75) is 37.2 Å².